The van der Waals surface area contributed by atoms with Crippen LogP contribution >= 0.6 is 0 Å². The average molecular weight is 266 g/mol. The number of carboxylic acids is 2. The highest BCUT2D eigenvalue weighted by Crippen LogP contribution is 2.49. The molecule has 1 saturated carbocycles. The van der Waals surface area contributed by atoms with Crippen LogP contribution in [0.2, 0.25) is 0 Å². The van der Waals surface area contributed by atoms with Crippen LogP contribution in [0.3, 0.4) is 0 Å². The van der Waals surface area contributed by atoms with Crippen LogP contribution in [0.1, 0.15) is 24.3 Å². The van der Waals surface area contributed by atoms with E-state index in [1.54, 1.807) is 30.3 Å². The molecular weight excluding hydrogens is 252 g/mol. The van der Waals surface area contributed by atoms with Crippen molar-refractivity contribution in [2.24, 2.45) is 0 Å². The molecule has 0 heterocycles. The predicted octanol–water partition coefficient (Wildman–Crippen LogP) is 0.195. The largest absolute Gasteiger partial charge is 0.479 e. The first kappa shape index (κ1) is 13.5. The van der Waals surface area contributed by atoms with Gasteiger partial charge in [0, 0.05) is 5.92 Å². The van der Waals surface area contributed by atoms with Gasteiger partial charge in [-0.3, -0.25) is 0 Å². The second-order valence-electron chi connectivity index (χ2n) is 4.74. The van der Waals surface area contributed by atoms with Gasteiger partial charge in [-0.25, -0.2) is 9.59 Å². The van der Waals surface area contributed by atoms with Crippen LogP contribution in [0, 0.1) is 0 Å². The van der Waals surface area contributed by atoms with Crippen LogP contribution in [0.4, 0.5) is 0 Å². The van der Waals surface area contributed by atoms with Crippen molar-refractivity contribution in [3.63, 3.8) is 0 Å². The maximum absolute atomic E-state index is 11.4. The van der Waals surface area contributed by atoms with Crippen LogP contribution in [-0.2, 0) is 9.59 Å². The zero-order valence-corrected chi connectivity index (χ0v) is 9.98. The number of hydrogen-bond acceptors (Lipinski definition) is 4. The molecule has 3 unspecified atom stereocenters. The average Bonchev–Trinajstić information content (AvgIpc) is 2.66. The second-order valence-corrected chi connectivity index (χ2v) is 4.74. The molecule has 0 spiro atoms. The highest BCUT2D eigenvalue weighted by Gasteiger charge is 2.68. The SMILES string of the molecule is O=C(O)C1(O)CCC(c2ccccc2)C1(O)C(=O)O. The fourth-order valence-electron chi connectivity index (χ4n) is 2.73. The Kier molecular flexibility index (Phi) is 3.07. The van der Waals surface area contributed by atoms with Crippen molar-refractivity contribution in [3.05, 3.63) is 35.9 Å². The monoisotopic (exact) mass is 266 g/mol. The second kappa shape index (κ2) is 4.32. The Bertz CT molecular complexity index is 513. The molecule has 0 saturated heterocycles. The lowest BCUT2D eigenvalue weighted by atomic mass is 9.77. The lowest BCUT2D eigenvalue weighted by Crippen LogP contribution is -2.62. The Balaban J connectivity index is 2.54. The van der Waals surface area contributed by atoms with Gasteiger partial charge in [0.15, 0.2) is 0 Å². The Hall–Kier alpha value is -1.92. The fraction of sp³-hybridized carbons (Fsp3) is 0.385. The van der Waals surface area contributed by atoms with Crippen LogP contribution in [0.25, 0.3) is 0 Å². The highest BCUT2D eigenvalue weighted by molar-refractivity contribution is 5.92. The minimum absolute atomic E-state index is 0.0790. The van der Waals surface area contributed by atoms with Crippen LogP contribution < -0.4 is 0 Å². The van der Waals surface area contributed by atoms with E-state index in [9.17, 15) is 24.9 Å². The summed E-state index contributed by atoms with van der Waals surface area (Å²) in [7, 11) is 0. The zero-order chi connectivity index (χ0) is 14.3. The minimum atomic E-state index is -2.74. The highest BCUT2D eigenvalue weighted by atomic mass is 16.5. The molecule has 3 atom stereocenters. The number of carboxylic acid groups (broad SMARTS) is 2. The van der Waals surface area contributed by atoms with Gasteiger partial charge in [0.25, 0.3) is 0 Å². The van der Waals surface area contributed by atoms with Gasteiger partial charge in [-0.15, -0.1) is 0 Å². The summed E-state index contributed by atoms with van der Waals surface area (Å²) in [6.07, 6.45) is -0.236. The van der Waals surface area contributed by atoms with Gasteiger partial charge in [-0.1, -0.05) is 30.3 Å². The number of benzene rings is 1. The lowest BCUT2D eigenvalue weighted by Gasteiger charge is -2.34. The number of rotatable bonds is 3. The van der Waals surface area contributed by atoms with Gasteiger partial charge in [0.05, 0.1) is 0 Å². The molecule has 0 aromatic heterocycles. The molecule has 1 aromatic carbocycles. The molecule has 6 heteroatoms. The quantitative estimate of drug-likeness (QED) is 0.621. The Morgan fingerprint density at radius 3 is 2.11 bits per heavy atom. The standard InChI is InChI=1S/C13H14O6/c14-10(15)12(18)7-6-9(13(12,19)11(16)17)8-4-2-1-3-5-8/h1-5,9,18-19H,6-7H2,(H,14,15)(H,16,17). The van der Waals surface area contributed by atoms with Crippen molar-refractivity contribution in [2.75, 3.05) is 0 Å². The van der Waals surface area contributed by atoms with E-state index in [0.717, 1.165) is 0 Å². The number of aliphatic hydroxyl groups is 2. The van der Waals surface area contributed by atoms with Crippen molar-refractivity contribution in [1.82, 2.24) is 0 Å². The molecule has 0 aliphatic heterocycles. The third-order valence-electron chi connectivity index (χ3n) is 3.81. The van der Waals surface area contributed by atoms with Crippen LogP contribution in [0.5, 0.6) is 0 Å². The first-order valence-electron chi connectivity index (χ1n) is 5.80. The molecule has 0 bridgehead atoms. The summed E-state index contributed by atoms with van der Waals surface area (Å²) in [5, 5.41) is 38.7. The molecule has 1 aliphatic carbocycles. The summed E-state index contributed by atoms with van der Waals surface area (Å²) in [5.74, 6) is -4.42. The maximum atomic E-state index is 11.4. The van der Waals surface area contributed by atoms with E-state index >= 15 is 0 Å². The minimum Gasteiger partial charge on any atom is -0.479 e. The van der Waals surface area contributed by atoms with E-state index in [1.807, 2.05) is 0 Å². The van der Waals surface area contributed by atoms with Gasteiger partial charge < -0.3 is 20.4 Å². The van der Waals surface area contributed by atoms with E-state index in [2.05, 4.69) is 0 Å². The summed E-state index contributed by atoms with van der Waals surface area (Å²) in [6, 6.07) is 8.26. The predicted molar refractivity (Wildman–Crippen MR) is 63.6 cm³/mol. The first-order valence-corrected chi connectivity index (χ1v) is 5.80. The Morgan fingerprint density at radius 1 is 1.05 bits per heavy atom. The van der Waals surface area contributed by atoms with Gasteiger partial charge in [0.2, 0.25) is 11.2 Å². The topological polar surface area (TPSA) is 115 Å². The van der Waals surface area contributed by atoms with Crippen LogP contribution in [0.15, 0.2) is 30.3 Å². The summed E-state index contributed by atoms with van der Waals surface area (Å²) in [5.41, 5.74) is -4.93. The van der Waals surface area contributed by atoms with Gasteiger partial charge in [-0.2, -0.15) is 0 Å². The normalized spacial score (nSPS) is 34.1. The summed E-state index contributed by atoms with van der Waals surface area (Å²) < 4.78 is 0. The molecule has 0 radical (unpaired) electrons. The first-order chi connectivity index (χ1) is 8.84. The third-order valence-corrected chi connectivity index (χ3v) is 3.81. The zero-order valence-electron chi connectivity index (χ0n) is 9.98. The summed E-state index contributed by atoms with van der Waals surface area (Å²) in [6.45, 7) is 0. The third kappa shape index (κ3) is 1.72. The van der Waals surface area contributed by atoms with Gasteiger partial charge in [-0.05, 0) is 18.4 Å². The number of hydrogen-bond donors (Lipinski definition) is 4. The van der Waals surface area contributed by atoms with Crippen molar-refractivity contribution < 1.29 is 30.0 Å². The molecule has 19 heavy (non-hydrogen) atoms. The Labute approximate surface area is 108 Å². The van der Waals surface area contributed by atoms with Crippen molar-refractivity contribution in [1.29, 1.82) is 0 Å². The molecule has 4 N–H and O–H groups in total. The van der Waals surface area contributed by atoms with E-state index in [0.29, 0.717) is 5.56 Å². The van der Waals surface area contributed by atoms with Crippen molar-refractivity contribution >= 4 is 11.9 Å². The molecule has 102 valence electrons. The van der Waals surface area contributed by atoms with Crippen LogP contribution in [-0.4, -0.2) is 43.6 Å². The van der Waals surface area contributed by atoms with E-state index in [1.165, 1.54) is 0 Å². The molecule has 2 rings (SSSR count). The molecule has 0 amide bonds. The molecular formula is C13H14O6. The van der Waals surface area contributed by atoms with E-state index in [4.69, 9.17) is 5.11 Å². The Morgan fingerprint density at radius 2 is 1.63 bits per heavy atom. The van der Waals surface area contributed by atoms with E-state index in [-0.39, 0.29) is 12.8 Å². The lowest BCUT2D eigenvalue weighted by molar-refractivity contribution is -0.201. The smallest absolute Gasteiger partial charge is 0.340 e. The molecule has 1 fully saturated rings. The van der Waals surface area contributed by atoms with Gasteiger partial charge >= 0.3 is 11.9 Å². The van der Waals surface area contributed by atoms with E-state index < -0.39 is 29.1 Å². The maximum Gasteiger partial charge on any atom is 0.340 e. The fourth-order valence-corrected chi connectivity index (χ4v) is 2.73. The van der Waals surface area contributed by atoms with Crippen molar-refractivity contribution in [3.8, 4) is 0 Å². The number of aliphatic carboxylic acids is 2. The number of carbonyl (C=O) groups is 2. The molecule has 6 nitrogen and oxygen atoms in total. The molecule has 1 aliphatic rings. The summed E-state index contributed by atoms with van der Waals surface area (Å²) >= 11 is 0. The van der Waals surface area contributed by atoms with Gasteiger partial charge in [0.1, 0.15) is 0 Å². The summed E-state index contributed by atoms with van der Waals surface area (Å²) in [4.78, 5) is 22.5. The molecule has 1 aromatic rings. The van der Waals surface area contributed by atoms with Crippen molar-refractivity contribution in [2.45, 2.75) is 30.0 Å².